The van der Waals surface area contributed by atoms with Gasteiger partial charge >= 0.3 is 0 Å². The molecule has 1 amide bonds. The molecule has 0 atom stereocenters. The van der Waals surface area contributed by atoms with E-state index in [9.17, 15) is 13.2 Å². The largest absolute Gasteiger partial charge is 0.379 e. The minimum atomic E-state index is -3.61. The van der Waals surface area contributed by atoms with Crippen LogP contribution in [0, 0.1) is 6.92 Å². The van der Waals surface area contributed by atoms with Crippen LogP contribution in [0.4, 0.5) is 0 Å². The number of ether oxygens (including phenoxy) is 1. The molecule has 0 radical (unpaired) electrons. The average Bonchev–Trinajstić information content (AvgIpc) is 2.63. The maximum atomic E-state index is 12.9. The molecular formula is C16H23N3O4S. The third kappa shape index (κ3) is 3.46. The summed E-state index contributed by atoms with van der Waals surface area (Å²) in [5.74, 6) is -0.116. The molecule has 2 aliphatic rings. The van der Waals surface area contributed by atoms with Crippen molar-refractivity contribution in [2.24, 2.45) is 0 Å². The van der Waals surface area contributed by atoms with Crippen LogP contribution >= 0.6 is 0 Å². The molecule has 0 bridgehead atoms. The van der Waals surface area contributed by atoms with Crippen LogP contribution in [0.3, 0.4) is 0 Å². The van der Waals surface area contributed by atoms with Gasteiger partial charge < -0.3 is 15.0 Å². The molecule has 2 fully saturated rings. The molecule has 3 rings (SSSR count). The topological polar surface area (TPSA) is 79.0 Å². The number of piperazine rings is 1. The van der Waals surface area contributed by atoms with E-state index in [1.807, 2.05) is 0 Å². The van der Waals surface area contributed by atoms with Crippen molar-refractivity contribution in [1.29, 1.82) is 0 Å². The molecule has 1 aromatic carbocycles. The number of rotatable bonds is 3. The van der Waals surface area contributed by atoms with Crippen molar-refractivity contribution in [3.05, 3.63) is 29.3 Å². The van der Waals surface area contributed by atoms with E-state index in [1.54, 1.807) is 24.0 Å². The standard InChI is InChI=1S/C16H23N3O4S/c1-13-2-3-14(16(20)18-6-4-17-5-7-18)12-15(13)24(21,22)19-8-10-23-11-9-19/h2-3,12,17H,4-11H2,1H3. The molecule has 1 N–H and O–H groups in total. The first kappa shape index (κ1) is 17.3. The van der Waals surface area contributed by atoms with Crippen molar-refractivity contribution in [3.63, 3.8) is 0 Å². The monoisotopic (exact) mass is 353 g/mol. The number of carbonyl (C=O) groups is 1. The number of amides is 1. The van der Waals surface area contributed by atoms with Gasteiger partial charge in [-0.25, -0.2) is 8.42 Å². The van der Waals surface area contributed by atoms with E-state index in [2.05, 4.69) is 5.32 Å². The average molecular weight is 353 g/mol. The smallest absolute Gasteiger partial charge is 0.253 e. The summed E-state index contributed by atoms with van der Waals surface area (Å²) in [6, 6.07) is 4.94. The predicted octanol–water partition coefficient (Wildman–Crippen LogP) is 0.0613. The highest BCUT2D eigenvalue weighted by Gasteiger charge is 2.29. The number of hydrogen-bond acceptors (Lipinski definition) is 5. The SMILES string of the molecule is Cc1ccc(C(=O)N2CCNCC2)cc1S(=O)(=O)N1CCOCC1. The third-order valence-corrected chi connectivity index (χ3v) is 6.47. The Morgan fingerprint density at radius 1 is 1.12 bits per heavy atom. The van der Waals surface area contributed by atoms with E-state index in [4.69, 9.17) is 4.74 Å². The first-order valence-corrected chi connectivity index (χ1v) is 9.63. The van der Waals surface area contributed by atoms with Gasteiger partial charge in [0.1, 0.15) is 0 Å². The number of nitrogens with one attached hydrogen (secondary N) is 1. The Morgan fingerprint density at radius 2 is 1.79 bits per heavy atom. The van der Waals surface area contributed by atoms with Crippen LogP contribution in [0.5, 0.6) is 0 Å². The molecule has 0 saturated carbocycles. The van der Waals surface area contributed by atoms with Gasteiger partial charge in [0.05, 0.1) is 18.1 Å². The Balaban J connectivity index is 1.89. The summed E-state index contributed by atoms with van der Waals surface area (Å²) in [5, 5.41) is 3.20. The molecule has 0 aliphatic carbocycles. The van der Waals surface area contributed by atoms with E-state index in [0.29, 0.717) is 50.5 Å². The lowest BCUT2D eigenvalue weighted by molar-refractivity contribution is 0.0727. The van der Waals surface area contributed by atoms with Crippen LogP contribution in [-0.2, 0) is 14.8 Å². The Hall–Kier alpha value is -1.48. The Bertz CT molecular complexity index is 708. The predicted molar refractivity (Wildman–Crippen MR) is 89.5 cm³/mol. The van der Waals surface area contributed by atoms with Crippen molar-refractivity contribution in [2.75, 3.05) is 52.5 Å². The molecule has 0 spiro atoms. The number of hydrogen-bond donors (Lipinski definition) is 1. The van der Waals surface area contributed by atoms with Crippen LogP contribution < -0.4 is 5.32 Å². The maximum absolute atomic E-state index is 12.9. The molecule has 2 aliphatic heterocycles. The minimum Gasteiger partial charge on any atom is -0.379 e. The number of benzene rings is 1. The van der Waals surface area contributed by atoms with Crippen molar-refractivity contribution < 1.29 is 17.9 Å². The highest BCUT2D eigenvalue weighted by Crippen LogP contribution is 2.23. The summed E-state index contributed by atoms with van der Waals surface area (Å²) in [6.45, 7) is 6.04. The molecule has 132 valence electrons. The lowest BCUT2D eigenvalue weighted by Crippen LogP contribution is -2.46. The summed E-state index contributed by atoms with van der Waals surface area (Å²) < 4.78 is 32.4. The molecular weight excluding hydrogens is 330 g/mol. The summed E-state index contributed by atoms with van der Waals surface area (Å²) >= 11 is 0. The first-order chi connectivity index (χ1) is 11.5. The number of morpholine rings is 1. The highest BCUT2D eigenvalue weighted by molar-refractivity contribution is 7.89. The van der Waals surface area contributed by atoms with Crippen LogP contribution in [0.15, 0.2) is 23.1 Å². The van der Waals surface area contributed by atoms with Gasteiger partial charge in [-0.1, -0.05) is 6.07 Å². The zero-order valence-electron chi connectivity index (χ0n) is 13.8. The minimum absolute atomic E-state index is 0.116. The van der Waals surface area contributed by atoms with Crippen molar-refractivity contribution in [2.45, 2.75) is 11.8 Å². The highest BCUT2D eigenvalue weighted by atomic mass is 32.2. The zero-order chi connectivity index (χ0) is 17.2. The Morgan fingerprint density at radius 3 is 2.46 bits per heavy atom. The quantitative estimate of drug-likeness (QED) is 0.831. The summed E-state index contributed by atoms with van der Waals surface area (Å²) in [6.07, 6.45) is 0. The molecule has 1 aromatic rings. The molecule has 2 heterocycles. The summed E-state index contributed by atoms with van der Waals surface area (Å²) in [5.41, 5.74) is 1.08. The Kier molecular flexibility index (Phi) is 5.19. The number of carbonyl (C=O) groups excluding carboxylic acids is 1. The van der Waals surface area contributed by atoms with Crippen LogP contribution in [0.2, 0.25) is 0 Å². The van der Waals surface area contributed by atoms with Gasteiger partial charge in [0.2, 0.25) is 10.0 Å². The van der Waals surface area contributed by atoms with Gasteiger partial charge in [-0.3, -0.25) is 4.79 Å². The second-order valence-corrected chi connectivity index (χ2v) is 7.95. The van der Waals surface area contributed by atoms with Crippen molar-refractivity contribution >= 4 is 15.9 Å². The lowest BCUT2D eigenvalue weighted by Gasteiger charge is -2.28. The van der Waals surface area contributed by atoms with Gasteiger partial charge in [-0.2, -0.15) is 4.31 Å². The fourth-order valence-corrected chi connectivity index (χ4v) is 4.65. The first-order valence-electron chi connectivity index (χ1n) is 8.19. The van der Waals surface area contributed by atoms with Gasteiger partial charge in [-0.15, -0.1) is 0 Å². The second kappa shape index (κ2) is 7.18. The zero-order valence-corrected chi connectivity index (χ0v) is 14.6. The van der Waals surface area contributed by atoms with Gasteiger partial charge in [-0.05, 0) is 24.6 Å². The maximum Gasteiger partial charge on any atom is 0.253 e. The number of nitrogens with zero attached hydrogens (tertiary/aromatic N) is 2. The Labute approximate surface area is 142 Å². The van der Waals surface area contributed by atoms with Gasteiger partial charge in [0.15, 0.2) is 0 Å². The third-order valence-electron chi connectivity index (χ3n) is 4.43. The van der Waals surface area contributed by atoms with Crippen molar-refractivity contribution in [3.8, 4) is 0 Å². The van der Waals surface area contributed by atoms with Gasteiger partial charge in [0, 0.05) is 44.8 Å². The van der Waals surface area contributed by atoms with E-state index < -0.39 is 10.0 Å². The number of sulfonamides is 1. The molecule has 0 unspecified atom stereocenters. The van der Waals surface area contributed by atoms with Crippen LogP contribution in [0.25, 0.3) is 0 Å². The summed E-state index contributed by atoms with van der Waals surface area (Å²) in [4.78, 5) is 14.6. The molecule has 2 saturated heterocycles. The van der Waals surface area contributed by atoms with Gasteiger partial charge in [0.25, 0.3) is 5.91 Å². The fourth-order valence-electron chi connectivity index (χ4n) is 2.99. The molecule has 0 aromatic heterocycles. The van der Waals surface area contributed by atoms with E-state index >= 15 is 0 Å². The summed E-state index contributed by atoms with van der Waals surface area (Å²) in [7, 11) is -3.61. The van der Waals surface area contributed by atoms with E-state index in [-0.39, 0.29) is 10.8 Å². The van der Waals surface area contributed by atoms with E-state index in [0.717, 1.165) is 13.1 Å². The van der Waals surface area contributed by atoms with E-state index in [1.165, 1.54) is 10.4 Å². The molecule has 7 nitrogen and oxygen atoms in total. The normalized spacial score (nSPS) is 20.1. The number of aryl methyl sites for hydroxylation is 1. The van der Waals surface area contributed by atoms with Crippen LogP contribution in [-0.4, -0.2) is 76.0 Å². The molecule has 8 heteroatoms. The second-order valence-electron chi connectivity index (χ2n) is 6.04. The van der Waals surface area contributed by atoms with Crippen molar-refractivity contribution in [1.82, 2.24) is 14.5 Å². The van der Waals surface area contributed by atoms with Crippen LogP contribution in [0.1, 0.15) is 15.9 Å². The molecule has 24 heavy (non-hydrogen) atoms. The lowest BCUT2D eigenvalue weighted by atomic mass is 10.1. The fraction of sp³-hybridized carbons (Fsp3) is 0.562.